The average Bonchev–Trinajstić information content (AvgIpc) is 1.60. The summed E-state index contributed by atoms with van der Waals surface area (Å²) in [6.07, 6.45) is 31.7. The number of rotatable bonds is 14. The van der Waals surface area contributed by atoms with Gasteiger partial charge in [0.15, 0.2) is 12.8 Å². The Balaban J connectivity index is 0.000000124. The zero-order valence-electron chi connectivity index (χ0n) is 66.8. The molecule has 26 heteroatoms. The van der Waals surface area contributed by atoms with Crippen molar-refractivity contribution >= 4 is 174 Å². The number of aromatic nitrogens is 8. The van der Waals surface area contributed by atoms with Crippen molar-refractivity contribution in [3.05, 3.63) is 193 Å². The minimum absolute atomic E-state index is 0. The van der Waals surface area contributed by atoms with Gasteiger partial charge in [0.1, 0.15) is 24.2 Å². The van der Waals surface area contributed by atoms with Gasteiger partial charge in [0.25, 0.3) is 0 Å². The predicted molar refractivity (Wildman–Crippen MR) is 481 cm³/mol. The normalized spacial score (nSPS) is 20.5. The fourth-order valence-corrected chi connectivity index (χ4v) is 15.0. The van der Waals surface area contributed by atoms with Crippen LogP contribution in [0, 0.1) is 35.5 Å². The highest BCUT2D eigenvalue weighted by molar-refractivity contribution is 9.12. The lowest BCUT2D eigenvalue weighted by Crippen LogP contribution is -2.41. The molecule has 3 saturated heterocycles. The first-order chi connectivity index (χ1) is 53.8. The topological polar surface area (TPSA) is 187 Å². The fourth-order valence-electron chi connectivity index (χ4n) is 12.9. The van der Waals surface area contributed by atoms with Crippen molar-refractivity contribution in [1.29, 1.82) is 0 Å². The first-order valence-electron chi connectivity index (χ1n) is 39.6. The van der Waals surface area contributed by atoms with E-state index in [1.807, 2.05) is 129 Å². The van der Waals surface area contributed by atoms with Crippen LogP contribution in [-0.4, -0.2) is 135 Å². The predicted octanol–water partition coefficient (Wildman–Crippen LogP) is 21.5. The Bertz CT molecular complexity index is 5030. The number of fused-ring (bicyclic) bond motifs is 5. The lowest BCUT2D eigenvalue weighted by molar-refractivity contribution is -0.529. The summed E-state index contributed by atoms with van der Waals surface area (Å²) < 4.78 is 49.0. The van der Waals surface area contributed by atoms with Crippen LogP contribution in [0.5, 0.6) is 0 Å². The Kier molecular flexibility index (Phi) is 28.2. The Hall–Kier alpha value is -6.29. The summed E-state index contributed by atoms with van der Waals surface area (Å²) in [4.78, 5) is 20.8. The highest BCUT2D eigenvalue weighted by Gasteiger charge is 2.64. The Labute approximate surface area is 715 Å². The summed E-state index contributed by atoms with van der Waals surface area (Å²) in [5, 5.41) is 30.7. The fraction of sp³-hybridized carbons (Fsp3) is 0.455. The Morgan fingerprint density at radius 1 is 0.465 bits per heavy atom. The molecule has 5 saturated carbocycles. The van der Waals surface area contributed by atoms with Gasteiger partial charge in [-0.05, 0) is 272 Å². The van der Waals surface area contributed by atoms with Gasteiger partial charge in [0.2, 0.25) is 0 Å². The minimum atomic E-state index is -0.476. The van der Waals surface area contributed by atoms with E-state index in [2.05, 4.69) is 236 Å². The molecule has 10 aliphatic rings. The van der Waals surface area contributed by atoms with E-state index in [-0.39, 0.29) is 48.2 Å². The summed E-state index contributed by atoms with van der Waals surface area (Å²) in [6.45, 7) is 28.8. The van der Waals surface area contributed by atoms with Gasteiger partial charge >= 0.3 is 21.1 Å². The van der Waals surface area contributed by atoms with E-state index in [0.29, 0.717) is 17.0 Å². The van der Waals surface area contributed by atoms with E-state index in [4.69, 9.17) is 27.9 Å². The van der Waals surface area contributed by atoms with E-state index in [0.717, 1.165) is 119 Å². The Morgan fingerprint density at radius 3 is 1.34 bits per heavy atom. The van der Waals surface area contributed by atoms with Crippen LogP contribution in [0.15, 0.2) is 187 Å². The van der Waals surface area contributed by atoms with Gasteiger partial charge in [-0.25, -0.2) is 0 Å². The molecule has 0 spiro atoms. The SMILES string of the molecule is BrC1=CC2C=[N+](CC3CC3)N=C2C=C1.BrCC1CC1.Brc1ccc2[nH]ncc2c1.Brc1ccc2c(cnn2CC2CC2)c1.C.CC1(C)OB(B2OC(C)(C)C(C)(C)O2)OC1(C)C.CC1(C)OB(c2ccc3c(cnn3CC3CC3)c2)OC1(C)C.O=Cc1ccc(-c2ccc3c(cnn3CC3CC3)c2)cc1.O=Cc1ccc(Br)cc1. The third kappa shape index (κ3) is 22.8. The second kappa shape index (κ2) is 36.9. The minimum Gasteiger partial charge on any atom is -0.405 e. The number of benzene rings is 6. The molecule has 10 aromatic rings. The number of hydrogen-bond donors (Lipinski definition) is 1. The van der Waals surface area contributed by atoms with Crippen molar-refractivity contribution in [2.24, 2.45) is 40.6 Å². The maximum Gasteiger partial charge on any atom is 0.494 e. The zero-order chi connectivity index (χ0) is 80.2. The van der Waals surface area contributed by atoms with Crippen LogP contribution in [0.1, 0.15) is 175 Å². The molecule has 6 aromatic carbocycles. The molecule has 1 N–H and O–H groups in total. The van der Waals surface area contributed by atoms with Crippen molar-refractivity contribution in [1.82, 2.24) is 39.5 Å². The summed E-state index contributed by atoms with van der Waals surface area (Å²) in [5.41, 5.74) is 8.62. The third-order valence-corrected chi connectivity index (χ3v) is 26.1. The number of aldehydes is 2. The number of nitrogens with zero attached hydrogens (tertiary/aromatic N) is 9. The molecule has 20 rings (SSSR count). The average molecular weight is 1860 g/mol. The highest BCUT2D eigenvalue weighted by atomic mass is 79.9. The monoisotopic (exact) mass is 1860 g/mol. The molecule has 1 unspecified atom stereocenters. The number of alkyl halides is 1. The second-order valence-corrected chi connectivity index (χ2v) is 38.5. The van der Waals surface area contributed by atoms with Crippen molar-refractivity contribution < 1.29 is 42.2 Å². The zero-order valence-corrected chi connectivity index (χ0v) is 74.7. The number of hydrogen-bond acceptors (Lipinski definition) is 13. The summed E-state index contributed by atoms with van der Waals surface area (Å²) in [6, 6.07) is 40.0. The van der Waals surface area contributed by atoms with Gasteiger partial charge in [-0.15, -0.1) is 0 Å². The molecule has 1 atom stereocenters. The van der Waals surface area contributed by atoms with Crippen LogP contribution in [0.2, 0.25) is 0 Å². The molecule has 600 valence electrons. The molecule has 0 amide bonds. The van der Waals surface area contributed by atoms with Crippen LogP contribution in [-0.2, 0) is 47.6 Å². The van der Waals surface area contributed by atoms with E-state index in [1.54, 1.807) is 18.3 Å². The van der Waals surface area contributed by atoms with Crippen molar-refractivity contribution in [3.8, 4) is 11.1 Å². The molecule has 0 bridgehead atoms. The quantitative estimate of drug-likeness (QED) is 0.0470. The van der Waals surface area contributed by atoms with Crippen molar-refractivity contribution in [3.63, 3.8) is 0 Å². The van der Waals surface area contributed by atoms with Crippen LogP contribution in [0.3, 0.4) is 0 Å². The molecular formula is C88H107B3Br5N10O8+. The van der Waals surface area contributed by atoms with Gasteiger partial charge in [-0.2, -0.15) is 20.4 Å². The molecule has 114 heavy (non-hydrogen) atoms. The van der Waals surface area contributed by atoms with E-state index < -0.39 is 14.0 Å². The van der Waals surface area contributed by atoms with Crippen LogP contribution < -0.4 is 5.46 Å². The van der Waals surface area contributed by atoms with Gasteiger partial charge in [-0.3, -0.25) is 28.7 Å². The summed E-state index contributed by atoms with van der Waals surface area (Å²) >= 11 is 17.0. The molecule has 6 aliphatic carbocycles. The van der Waals surface area contributed by atoms with E-state index >= 15 is 0 Å². The van der Waals surface area contributed by atoms with Crippen LogP contribution in [0.4, 0.5) is 0 Å². The number of H-pyrrole nitrogens is 1. The van der Waals surface area contributed by atoms with Crippen LogP contribution >= 0.6 is 79.6 Å². The smallest absolute Gasteiger partial charge is 0.405 e. The number of carbonyl (C=O) groups is 2. The summed E-state index contributed by atoms with van der Waals surface area (Å²) in [5.74, 6) is 4.87. The number of carbonyl (C=O) groups excluding carboxylic acids is 2. The molecule has 4 aliphatic heterocycles. The lowest BCUT2D eigenvalue weighted by atomic mass is 9.49. The lowest BCUT2D eigenvalue weighted by Gasteiger charge is -2.32. The molecule has 8 heterocycles. The van der Waals surface area contributed by atoms with Crippen molar-refractivity contribution in [2.75, 3.05) is 11.9 Å². The van der Waals surface area contributed by atoms with Gasteiger partial charge in [0, 0.05) is 81.5 Å². The molecule has 0 radical (unpaired) electrons. The maximum atomic E-state index is 10.7. The molecule has 4 aromatic heterocycles. The molecule has 18 nitrogen and oxygen atoms in total. The van der Waals surface area contributed by atoms with Crippen LogP contribution in [0.25, 0.3) is 54.7 Å². The summed E-state index contributed by atoms with van der Waals surface area (Å²) in [7, 11) is -1.26. The number of allylic oxidation sites excluding steroid dienone is 4. The second-order valence-electron chi connectivity index (χ2n) is 34.2. The van der Waals surface area contributed by atoms with Crippen molar-refractivity contribution in [2.45, 2.75) is 208 Å². The first-order valence-corrected chi connectivity index (χ1v) is 43.9. The number of halogens is 5. The van der Waals surface area contributed by atoms with E-state index in [9.17, 15) is 9.59 Å². The van der Waals surface area contributed by atoms with E-state index in [1.165, 1.54) is 103 Å². The maximum absolute atomic E-state index is 10.7. The Morgan fingerprint density at radius 2 is 0.877 bits per heavy atom. The van der Waals surface area contributed by atoms with Gasteiger partial charge < -0.3 is 27.9 Å². The number of aromatic amines is 1. The van der Waals surface area contributed by atoms with Gasteiger partial charge in [-0.1, -0.05) is 152 Å². The molecular weight excluding hydrogens is 1760 g/mol. The highest BCUT2D eigenvalue weighted by Crippen LogP contribution is 2.44. The number of nitrogens with one attached hydrogen (secondary N) is 1. The first kappa shape index (κ1) is 87.0. The molecule has 8 fully saturated rings. The third-order valence-electron chi connectivity index (χ3n) is 23.1. The largest absolute Gasteiger partial charge is 0.494 e. The van der Waals surface area contributed by atoms with Gasteiger partial charge in [0.05, 0.1) is 80.5 Å². The number of hydrazone groups is 1. The standard InChI is InChI=1S/C18H16N2O.C17H23BN2O2.C12H24B2O4.C11H11BrN2.C11H12BrN2.C7H5BrN2.C7H5BrO.C4H7Br.CH4/c21-12-14-3-5-15(6-4-14)16-7-8-18-17(9-16)10-19-20(18)11-13-1-2-13;1-16(2)17(3,4)22-18(21-16)14-7-8-15-13(9-14)10-19-20(15)11-12-5-6-12;1-9(2)10(3,4)16-13(15-9)14-17-11(5,6)12(7,8)18-14;12-10-3-4-11-9(5-10)6-13-14(11)7-8-1-2-8;12-10-3-4-11-9(5-10)7-14(13-11)6-8-1-2-8;8-6-1-2-7-5(3-6)4-9-10-7;8-7-3-1-6(5-9)2-4-7;5-3-4-1-2-4;/h3-10,12-13H,1-2,11H2;7-10,12H,5-6,11H2,1-4H3;1-8H3;3-6,8H,1-2,7H2;3-5,7-9H,1-2,6H2;1-4H,(H,9,10);1-5H;4H,1-3H2;1H4/q;;;;+1;;;;.